The van der Waals surface area contributed by atoms with Crippen LogP contribution in [0.4, 0.5) is 5.69 Å². The van der Waals surface area contributed by atoms with Crippen molar-refractivity contribution in [2.24, 2.45) is 0 Å². The van der Waals surface area contributed by atoms with Crippen molar-refractivity contribution in [2.75, 3.05) is 50.7 Å². The molecule has 4 aromatic carbocycles. The molecular formula is C36H39N3O2. The van der Waals surface area contributed by atoms with Crippen LogP contribution >= 0.6 is 0 Å². The summed E-state index contributed by atoms with van der Waals surface area (Å²) in [4.78, 5) is 20.4. The van der Waals surface area contributed by atoms with Crippen molar-refractivity contribution in [3.63, 3.8) is 0 Å². The number of hydrogen-bond acceptors (Lipinski definition) is 4. The number of rotatable bonds is 9. The van der Waals surface area contributed by atoms with E-state index in [0.29, 0.717) is 24.6 Å². The highest BCUT2D eigenvalue weighted by Crippen LogP contribution is 2.29. The quantitative estimate of drug-likeness (QED) is 0.281. The van der Waals surface area contributed by atoms with Crippen molar-refractivity contribution >= 4 is 11.6 Å². The number of anilines is 1. The largest absolute Gasteiger partial charge is 0.508 e. The van der Waals surface area contributed by atoms with Gasteiger partial charge in [-0.15, -0.1) is 0 Å². The number of piperazine rings is 1. The van der Waals surface area contributed by atoms with E-state index in [-0.39, 0.29) is 5.91 Å². The minimum Gasteiger partial charge on any atom is -0.508 e. The first-order valence-corrected chi connectivity index (χ1v) is 14.9. The number of aromatic hydroxyl groups is 1. The van der Waals surface area contributed by atoms with E-state index in [2.05, 4.69) is 88.7 Å². The van der Waals surface area contributed by atoms with E-state index in [1.807, 2.05) is 23.1 Å². The monoisotopic (exact) mass is 545 g/mol. The second-order valence-electron chi connectivity index (χ2n) is 11.3. The van der Waals surface area contributed by atoms with E-state index in [0.717, 1.165) is 74.5 Å². The molecule has 0 atom stereocenters. The van der Waals surface area contributed by atoms with Crippen LogP contribution < -0.4 is 4.90 Å². The molecule has 0 spiro atoms. The highest BCUT2D eigenvalue weighted by molar-refractivity contribution is 5.97. The second kappa shape index (κ2) is 12.6. The summed E-state index contributed by atoms with van der Waals surface area (Å²) in [6.07, 6.45) is 2.63. The van der Waals surface area contributed by atoms with Crippen molar-refractivity contribution in [1.29, 1.82) is 0 Å². The van der Waals surface area contributed by atoms with Gasteiger partial charge in [0.2, 0.25) is 0 Å². The molecule has 41 heavy (non-hydrogen) atoms. The number of hydrogen-bond donors (Lipinski definition) is 1. The Bertz CT molecular complexity index is 1410. The molecule has 4 aromatic rings. The Morgan fingerprint density at radius 2 is 1.37 bits per heavy atom. The first-order chi connectivity index (χ1) is 20.2. The van der Waals surface area contributed by atoms with Crippen LogP contribution in [0.3, 0.4) is 0 Å². The summed E-state index contributed by atoms with van der Waals surface area (Å²) in [5.41, 5.74) is 6.77. The zero-order valence-electron chi connectivity index (χ0n) is 23.7. The Hall–Kier alpha value is -4.09. The molecule has 0 radical (unpaired) electrons. The van der Waals surface area contributed by atoms with E-state index in [4.69, 9.17) is 0 Å². The van der Waals surface area contributed by atoms with Crippen LogP contribution in [0.2, 0.25) is 0 Å². The van der Waals surface area contributed by atoms with Gasteiger partial charge in [0.05, 0.1) is 0 Å². The Balaban J connectivity index is 1.06. The molecule has 5 nitrogen and oxygen atoms in total. The van der Waals surface area contributed by atoms with Crippen molar-refractivity contribution in [3.8, 4) is 5.75 Å². The molecule has 1 amide bonds. The average molecular weight is 546 g/mol. The summed E-state index contributed by atoms with van der Waals surface area (Å²) in [6, 6.07) is 35.6. The molecule has 210 valence electrons. The van der Waals surface area contributed by atoms with E-state index >= 15 is 0 Å². The first kappa shape index (κ1) is 27.1. The summed E-state index contributed by atoms with van der Waals surface area (Å²) in [5, 5.41) is 10.1. The van der Waals surface area contributed by atoms with Crippen molar-refractivity contribution < 1.29 is 9.90 Å². The molecule has 0 bridgehead atoms. The zero-order valence-corrected chi connectivity index (χ0v) is 23.7. The van der Waals surface area contributed by atoms with Gasteiger partial charge < -0.3 is 14.9 Å². The molecule has 2 heterocycles. The molecule has 1 N–H and O–H groups in total. The molecule has 1 fully saturated rings. The van der Waals surface area contributed by atoms with Crippen LogP contribution in [0.5, 0.6) is 5.75 Å². The third kappa shape index (κ3) is 6.31. The van der Waals surface area contributed by atoms with Crippen LogP contribution in [0.15, 0.2) is 103 Å². The molecule has 5 heteroatoms. The van der Waals surface area contributed by atoms with E-state index < -0.39 is 0 Å². The lowest BCUT2D eigenvalue weighted by Crippen LogP contribution is -2.47. The van der Waals surface area contributed by atoms with Crippen LogP contribution in [-0.2, 0) is 12.8 Å². The van der Waals surface area contributed by atoms with Gasteiger partial charge in [-0.25, -0.2) is 0 Å². The fourth-order valence-corrected chi connectivity index (χ4v) is 6.33. The number of benzene rings is 4. The summed E-state index contributed by atoms with van der Waals surface area (Å²) in [6.45, 7) is 6.38. The van der Waals surface area contributed by atoms with E-state index in [1.165, 1.54) is 11.1 Å². The molecule has 6 rings (SSSR count). The summed E-state index contributed by atoms with van der Waals surface area (Å²) < 4.78 is 0. The predicted octanol–water partition coefficient (Wildman–Crippen LogP) is 5.98. The average Bonchev–Trinajstić information content (AvgIpc) is 3.03. The second-order valence-corrected chi connectivity index (χ2v) is 11.3. The maximum absolute atomic E-state index is 13.4. The minimum atomic E-state index is 0.107. The molecule has 2 aliphatic rings. The van der Waals surface area contributed by atoms with Crippen LogP contribution in [0.1, 0.15) is 45.0 Å². The molecule has 0 aliphatic carbocycles. The van der Waals surface area contributed by atoms with Crippen LogP contribution in [0.25, 0.3) is 0 Å². The van der Waals surface area contributed by atoms with Gasteiger partial charge in [0.15, 0.2) is 0 Å². The maximum atomic E-state index is 13.4. The topological polar surface area (TPSA) is 47.0 Å². The number of carbonyl (C=O) groups excluding carboxylic acids is 1. The number of carbonyl (C=O) groups is 1. The molecule has 1 saturated heterocycles. The van der Waals surface area contributed by atoms with E-state index in [1.54, 1.807) is 6.07 Å². The summed E-state index contributed by atoms with van der Waals surface area (Å²) >= 11 is 0. The molecule has 0 saturated carbocycles. The summed E-state index contributed by atoms with van der Waals surface area (Å²) in [7, 11) is 0. The minimum absolute atomic E-state index is 0.107. The lowest BCUT2D eigenvalue weighted by atomic mass is 9.88. The van der Waals surface area contributed by atoms with Gasteiger partial charge in [0, 0.05) is 56.4 Å². The van der Waals surface area contributed by atoms with Gasteiger partial charge in [-0.1, -0.05) is 84.9 Å². The molecule has 0 unspecified atom stereocenters. The fourth-order valence-electron chi connectivity index (χ4n) is 6.33. The van der Waals surface area contributed by atoms with Crippen LogP contribution in [-0.4, -0.2) is 66.6 Å². The Morgan fingerprint density at radius 3 is 2.05 bits per heavy atom. The Labute approximate surface area is 243 Å². The first-order valence-electron chi connectivity index (χ1n) is 14.9. The zero-order chi connectivity index (χ0) is 28.0. The third-order valence-electron chi connectivity index (χ3n) is 8.78. The molecule has 2 aliphatic heterocycles. The van der Waals surface area contributed by atoms with Crippen molar-refractivity contribution in [2.45, 2.75) is 25.2 Å². The predicted molar refractivity (Wildman–Crippen MR) is 166 cm³/mol. The number of nitrogens with zero attached hydrogens (tertiary/aromatic N) is 3. The number of fused-ring (bicyclic) bond motifs is 1. The standard InChI is InChI=1S/C36H39N3O2/c40-35-14-8-7-13-31(35)18-22-39-21-17-30-15-16-32(27-34(30)36(39)41)38-25-23-37(24-26-38)20-19-33(28-9-3-1-4-10-28)29-11-5-2-6-12-29/h1-16,27,33,40H,17-26H2. The number of phenols is 1. The summed E-state index contributed by atoms with van der Waals surface area (Å²) in [5.74, 6) is 0.806. The van der Waals surface area contributed by atoms with Gasteiger partial charge in [-0.05, 0) is 66.3 Å². The van der Waals surface area contributed by atoms with Gasteiger partial charge in [-0.3, -0.25) is 9.69 Å². The Kier molecular flexibility index (Phi) is 8.33. The van der Waals surface area contributed by atoms with Gasteiger partial charge in [0.25, 0.3) is 5.91 Å². The maximum Gasteiger partial charge on any atom is 0.254 e. The van der Waals surface area contributed by atoms with Crippen LogP contribution in [0, 0.1) is 0 Å². The highest BCUT2D eigenvalue weighted by atomic mass is 16.3. The van der Waals surface area contributed by atoms with Crippen molar-refractivity contribution in [1.82, 2.24) is 9.80 Å². The van der Waals surface area contributed by atoms with Gasteiger partial charge in [-0.2, -0.15) is 0 Å². The third-order valence-corrected chi connectivity index (χ3v) is 8.78. The smallest absolute Gasteiger partial charge is 0.254 e. The van der Waals surface area contributed by atoms with Gasteiger partial charge in [0.1, 0.15) is 5.75 Å². The highest BCUT2D eigenvalue weighted by Gasteiger charge is 2.26. The normalized spacial score (nSPS) is 15.8. The SMILES string of the molecule is O=C1c2cc(N3CCN(CCC(c4ccccc4)c4ccccc4)CC3)ccc2CCN1CCc1ccccc1O. The molecule has 0 aromatic heterocycles. The Morgan fingerprint density at radius 1 is 0.707 bits per heavy atom. The van der Waals surface area contributed by atoms with Gasteiger partial charge >= 0.3 is 0 Å². The molecular weight excluding hydrogens is 506 g/mol. The number of para-hydroxylation sites is 1. The number of amides is 1. The van der Waals surface area contributed by atoms with E-state index in [9.17, 15) is 9.90 Å². The lowest BCUT2D eigenvalue weighted by Gasteiger charge is -2.37. The lowest BCUT2D eigenvalue weighted by molar-refractivity contribution is 0.0741. The van der Waals surface area contributed by atoms with Crippen molar-refractivity contribution in [3.05, 3.63) is 131 Å². The number of phenolic OH excluding ortho intramolecular Hbond substituents is 1. The fraction of sp³-hybridized carbons (Fsp3) is 0.306.